The van der Waals surface area contributed by atoms with Crippen LogP contribution in [0.5, 0.6) is 0 Å². The molecule has 0 unspecified atom stereocenters. The summed E-state index contributed by atoms with van der Waals surface area (Å²) in [7, 11) is 1.54. The van der Waals surface area contributed by atoms with E-state index >= 15 is 0 Å². The molecule has 2 aromatic rings. The summed E-state index contributed by atoms with van der Waals surface area (Å²) in [4.78, 5) is 23.4. The van der Waals surface area contributed by atoms with Gasteiger partial charge < -0.3 is 4.90 Å². The molecular formula is C13H12ClFN4O3. The van der Waals surface area contributed by atoms with Crippen molar-refractivity contribution in [2.45, 2.75) is 13.0 Å². The van der Waals surface area contributed by atoms with E-state index in [1.54, 1.807) is 0 Å². The molecule has 0 saturated carbocycles. The van der Waals surface area contributed by atoms with Gasteiger partial charge in [0.25, 0.3) is 0 Å². The summed E-state index contributed by atoms with van der Waals surface area (Å²) in [6.07, 6.45) is 2.46. The van der Waals surface area contributed by atoms with Crippen LogP contribution in [0, 0.1) is 15.9 Å². The molecule has 0 fully saturated rings. The van der Waals surface area contributed by atoms with Crippen molar-refractivity contribution >= 4 is 28.9 Å². The predicted molar refractivity (Wildman–Crippen MR) is 78.3 cm³/mol. The number of hydrogen-bond acceptors (Lipinski definition) is 4. The molecule has 9 heteroatoms. The lowest BCUT2D eigenvalue weighted by atomic mass is 10.2. The Labute approximate surface area is 130 Å². The first-order chi connectivity index (χ1) is 10.4. The van der Waals surface area contributed by atoms with E-state index in [4.69, 9.17) is 11.6 Å². The third kappa shape index (κ3) is 3.59. The number of nitro groups is 1. The second-order valence-electron chi connectivity index (χ2n) is 4.52. The number of carbonyl (C=O) groups excluding carboxylic acids is 1. The first-order valence-corrected chi connectivity index (χ1v) is 6.64. The van der Waals surface area contributed by atoms with Crippen LogP contribution in [0.3, 0.4) is 0 Å². The average molecular weight is 327 g/mol. The number of aromatic nitrogens is 2. The molecule has 1 aromatic carbocycles. The highest BCUT2D eigenvalue weighted by atomic mass is 35.5. The van der Waals surface area contributed by atoms with Crippen molar-refractivity contribution < 1.29 is 14.1 Å². The van der Waals surface area contributed by atoms with E-state index in [1.807, 2.05) is 0 Å². The fourth-order valence-corrected chi connectivity index (χ4v) is 1.96. The van der Waals surface area contributed by atoms with Crippen LogP contribution in [0.2, 0.25) is 5.02 Å². The van der Waals surface area contributed by atoms with E-state index in [1.165, 1.54) is 41.0 Å². The van der Waals surface area contributed by atoms with Crippen molar-refractivity contribution in [3.05, 3.63) is 51.5 Å². The largest absolute Gasteiger partial charge is 0.315 e. The van der Waals surface area contributed by atoms with Gasteiger partial charge in [0.05, 0.1) is 9.95 Å². The number of rotatable bonds is 5. The molecule has 2 rings (SSSR count). The van der Waals surface area contributed by atoms with E-state index in [9.17, 15) is 19.3 Å². The summed E-state index contributed by atoms with van der Waals surface area (Å²) in [6, 6.07) is 3.98. The average Bonchev–Trinajstić information content (AvgIpc) is 2.96. The zero-order valence-corrected chi connectivity index (χ0v) is 12.3. The molecular weight excluding hydrogens is 315 g/mol. The Morgan fingerprint density at radius 1 is 1.55 bits per heavy atom. The third-order valence-corrected chi connectivity index (χ3v) is 3.34. The molecule has 1 aromatic heterocycles. The molecule has 7 nitrogen and oxygen atoms in total. The zero-order valence-electron chi connectivity index (χ0n) is 11.6. The fraction of sp³-hybridized carbons (Fsp3) is 0.231. The molecule has 0 aliphatic heterocycles. The molecule has 0 aliphatic rings. The van der Waals surface area contributed by atoms with Crippen molar-refractivity contribution in [2.75, 3.05) is 11.9 Å². The number of amides is 1. The number of aryl methyl sites for hydroxylation is 1. The molecule has 0 aliphatic carbocycles. The van der Waals surface area contributed by atoms with Crippen molar-refractivity contribution in [3.63, 3.8) is 0 Å². The number of hydrogen-bond donors (Lipinski definition) is 0. The molecule has 1 amide bonds. The number of halogens is 2. The Kier molecular flexibility index (Phi) is 4.71. The summed E-state index contributed by atoms with van der Waals surface area (Å²) >= 11 is 5.68. The summed E-state index contributed by atoms with van der Waals surface area (Å²) in [6.45, 7) is 0.200. The van der Waals surface area contributed by atoms with Crippen LogP contribution in [-0.2, 0) is 11.3 Å². The van der Waals surface area contributed by atoms with Crippen molar-refractivity contribution in [1.29, 1.82) is 0 Å². The number of benzene rings is 1. The smallest absolute Gasteiger partial charge is 0.306 e. The normalized spacial score (nSPS) is 10.5. The lowest BCUT2D eigenvalue weighted by Gasteiger charge is -2.17. The van der Waals surface area contributed by atoms with E-state index in [0.717, 1.165) is 6.20 Å². The van der Waals surface area contributed by atoms with Crippen LogP contribution < -0.4 is 4.90 Å². The minimum Gasteiger partial charge on any atom is -0.315 e. The van der Waals surface area contributed by atoms with Gasteiger partial charge in [0.15, 0.2) is 0 Å². The maximum Gasteiger partial charge on any atom is 0.306 e. The third-order valence-electron chi connectivity index (χ3n) is 3.05. The molecule has 116 valence electrons. The Bertz CT molecular complexity index is 719. The molecule has 0 spiro atoms. The van der Waals surface area contributed by atoms with Crippen molar-refractivity contribution in [3.8, 4) is 0 Å². The molecule has 0 bridgehead atoms. The highest BCUT2D eigenvalue weighted by Crippen LogP contribution is 2.22. The van der Waals surface area contributed by atoms with E-state index in [2.05, 4.69) is 5.10 Å². The Balaban J connectivity index is 1.98. The second-order valence-corrected chi connectivity index (χ2v) is 4.93. The van der Waals surface area contributed by atoms with Crippen LogP contribution in [0.1, 0.15) is 6.42 Å². The van der Waals surface area contributed by atoms with Crippen molar-refractivity contribution in [2.24, 2.45) is 0 Å². The SMILES string of the molecule is CN(C(=O)CCn1cc([N+](=O)[O-])cn1)c1ccc(F)c(Cl)c1. The fourth-order valence-electron chi connectivity index (χ4n) is 1.78. The maximum absolute atomic E-state index is 13.1. The number of carbonyl (C=O) groups is 1. The molecule has 22 heavy (non-hydrogen) atoms. The van der Waals surface area contributed by atoms with Gasteiger partial charge in [-0.2, -0.15) is 5.10 Å². The Morgan fingerprint density at radius 2 is 2.27 bits per heavy atom. The molecule has 0 saturated heterocycles. The van der Waals surface area contributed by atoms with Gasteiger partial charge in [0, 0.05) is 25.7 Å². The quantitative estimate of drug-likeness (QED) is 0.624. The predicted octanol–water partition coefficient (Wildman–Crippen LogP) is 2.64. The minimum atomic E-state index is -0.560. The molecule has 0 radical (unpaired) electrons. The van der Waals surface area contributed by atoms with Gasteiger partial charge in [0.2, 0.25) is 5.91 Å². The van der Waals surface area contributed by atoms with E-state index in [0.29, 0.717) is 5.69 Å². The van der Waals surface area contributed by atoms with Gasteiger partial charge in [-0.05, 0) is 18.2 Å². The number of nitrogens with zero attached hydrogens (tertiary/aromatic N) is 4. The second kappa shape index (κ2) is 6.52. The lowest BCUT2D eigenvalue weighted by molar-refractivity contribution is -0.385. The Morgan fingerprint density at radius 3 is 2.86 bits per heavy atom. The Hall–Kier alpha value is -2.48. The highest BCUT2D eigenvalue weighted by Gasteiger charge is 2.14. The highest BCUT2D eigenvalue weighted by molar-refractivity contribution is 6.31. The first kappa shape index (κ1) is 15.9. The van der Waals surface area contributed by atoms with Crippen LogP contribution in [-0.4, -0.2) is 27.7 Å². The molecule has 0 N–H and O–H groups in total. The standard InChI is InChI=1S/C13H12ClFN4O3/c1-17(9-2-3-12(15)11(14)6-9)13(20)4-5-18-8-10(7-16-18)19(21)22/h2-3,6-8H,4-5H2,1H3. The van der Waals surface area contributed by atoms with Gasteiger partial charge in [-0.1, -0.05) is 11.6 Å². The van der Waals surface area contributed by atoms with Crippen LogP contribution in [0.25, 0.3) is 0 Å². The summed E-state index contributed by atoms with van der Waals surface area (Å²) in [5.74, 6) is -0.809. The molecule has 0 atom stereocenters. The lowest BCUT2D eigenvalue weighted by Crippen LogP contribution is -2.27. The van der Waals surface area contributed by atoms with Gasteiger partial charge in [-0.25, -0.2) is 4.39 Å². The topological polar surface area (TPSA) is 81.3 Å². The van der Waals surface area contributed by atoms with Gasteiger partial charge in [-0.3, -0.25) is 19.6 Å². The van der Waals surface area contributed by atoms with Gasteiger partial charge in [0.1, 0.15) is 18.2 Å². The van der Waals surface area contributed by atoms with E-state index < -0.39 is 10.7 Å². The monoisotopic (exact) mass is 326 g/mol. The minimum absolute atomic E-state index is 0.0696. The van der Waals surface area contributed by atoms with Crippen LogP contribution >= 0.6 is 11.6 Å². The van der Waals surface area contributed by atoms with Crippen LogP contribution in [0.4, 0.5) is 15.8 Å². The molecule has 1 heterocycles. The van der Waals surface area contributed by atoms with Gasteiger partial charge in [-0.15, -0.1) is 0 Å². The van der Waals surface area contributed by atoms with Gasteiger partial charge >= 0.3 is 5.69 Å². The van der Waals surface area contributed by atoms with Crippen molar-refractivity contribution in [1.82, 2.24) is 9.78 Å². The summed E-state index contributed by atoms with van der Waals surface area (Å²) < 4.78 is 14.4. The van der Waals surface area contributed by atoms with E-state index in [-0.39, 0.29) is 29.6 Å². The number of anilines is 1. The first-order valence-electron chi connectivity index (χ1n) is 6.27. The van der Waals surface area contributed by atoms with Crippen LogP contribution in [0.15, 0.2) is 30.6 Å². The summed E-state index contributed by atoms with van der Waals surface area (Å²) in [5.41, 5.74) is 0.328. The maximum atomic E-state index is 13.1. The zero-order chi connectivity index (χ0) is 16.3. The summed E-state index contributed by atoms with van der Waals surface area (Å²) in [5, 5.41) is 14.3.